The predicted molar refractivity (Wildman–Crippen MR) is 133 cm³/mol. The van der Waals surface area contributed by atoms with Crippen molar-refractivity contribution in [3.63, 3.8) is 0 Å². The Balaban J connectivity index is 0.00000320. The van der Waals surface area contributed by atoms with Gasteiger partial charge in [0.25, 0.3) is 0 Å². The molecular weight excluding hydrogens is 489 g/mol. The fourth-order valence-corrected chi connectivity index (χ4v) is 4.08. The predicted octanol–water partition coefficient (Wildman–Crippen LogP) is 4.70. The molecule has 1 aromatic heterocycles. The van der Waals surface area contributed by atoms with Crippen LogP contribution in [0.4, 0.5) is 0 Å². The van der Waals surface area contributed by atoms with Crippen LogP contribution < -0.4 is 10.6 Å². The van der Waals surface area contributed by atoms with Crippen molar-refractivity contribution in [2.75, 3.05) is 26.7 Å². The SMILES string of the molecule is CCC(CC)c1cc(CNC(=NC)NCC(c2ccccc2)N2CCCC2)on1.I. The summed E-state index contributed by atoms with van der Waals surface area (Å²) < 4.78 is 5.52. The summed E-state index contributed by atoms with van der Waals surface area (Å²) in [5, 5.41) is 11.1. The normalized spacial score (nSPS) is 15.8. The molecule has 0 bridgehead atoms. The van der Waals surface area contributed by atoms with Crippen LogP contribution in [0.5, 0.6) is 0 Å². The van der Waals surface area contributed by atoms with Crippen LogP contribution in [0.3, 0.4) is 0 Å². The Hall–Kier alpha value is -1.61. The molecule has 0 radical (unpaired) electrons. The number of rotatable bonds is 9. The summed E-state index contributed by atoms with van der Waals surface area (Å²) in [5.41, 5.74) is 2.40. The van der Waals surface area contributed by atoms with E-state index in [1.165, 1.54) is 18.4 Å². The maximum Gasteiger partial charge on any atom is 0.191 e. The summed E-state index contributed by atoms with van der Waals surface area (Å²) in [6.07, 6.45) is 4.72. The molecule has 1 aliphatic heterocycles. The second kappa shape index (κ2) is 12.9. The molecule has 3 rings (SSSR count). The van der Waals surface area contributed by atoms with Gasteiger partial charge in [-0.25, -0.2) is 0 Å². The topological polar surface area (TPSA) is 65.7 Å². The fraction of sp³-hybridized carbons (Fsp3) is 0.565. The Morgan fingerprint density at radius 2 is 1.83 bits per heavy atom. The zero-order valence-electron chi connectivity index (χ0n) is 18.4. The van der Waals surface area contributed by atoms with Crippen LogP contribution >= 0.6 is 24.0 Å². The first-order valence-corrected chi connectivity index (χ1v) is 10.9. The Labute approximate surface area is 197 Å². The summed E-state index contributed by atoms with van der Waals surface area (Å²) in [6.45, 7) is 8.09. The van der Waals surface area contributed by atoms with Crippen LogP contribution in [0.25, 0.3) is 0 Å². The first-order chi connectivity index (χ1) is 14.2. The molecule has 0 spiro atoms. The lowest BCUT2D eigenvalue weighted by atomic mass is 9.99. The number of likely N-dealkylation sites (tertiary alicyclic amines) is 1. The second-order valence-electron chi connectivity index (χ2n) is 7.71. The molecule has 1 aliphatic rings. The first-order valence-electron chi connectivity index (χ1n) is 10.9. The number of nitrogens with zero attached hydrogens (tertiary/aromatic N) is 3. The molecule has 2 heterocycles. The van der Waals surface area contributed by atoms with Crippen molar-refractivity contribution in [3.05, 3.63) is 53.4 Å². The van der Waals surface area contributed by atoms with E-state index in [0.29, 0.717) is 18.5 Å². The van der Waals surface area contributed by atoms with Gasteiger partial charge < -0.3 is 15.2 Å². The van der Waals surface area contributed by atoms with Gasteiger partial charge in [-0.2, -0.15) is 0 Å². The van der Waals surface area contributed by atoms with E-state index in [-0.39, 0.29) is 24.0 Å². The van der Waals surface area contributed by atoms with Crippen LogP contribution in [-0.2, 0) is 6.54 Å². The lowest BCUT2D eigenvalue weighted by molar-refractivity contribution is 0.245. The monoisotopic (exact) mass is 525 g/mol. The molecule has 1 atom stereocenters. The highest BCUT2D eigenvalue weighted by Gasteiger charge is 2.23. The number of hydrogen-bond acceptors (Lipinski definition) is 4. The van der Waals surface area contributed by atoms with E-state index >= 15 is 0 Å². The van der Waals surface area contributed by atoms with E-state index in [9.17, 15) is 0 Å². The van der Waals surface area contributed by atoms with Gasteiger partial charge in [-0.3, -0.25) is 9.89 Å². The van der Waals surface area contributed by atoms with E-state index in [2.05, 4.69) is 75.9 Å². The third-order valence-corrected chi connectivity index (χ3v) is 5.86. The van der Waals surface area contributed by atoms with Crippen LogP contribution in [0.2, 0.25) is 0 Å². The number of guanidine groups is 1. The van der Waals surface area contributed by atoms with Crippen molar-refractivity contribution >= 4 is 29.9 Å². The van der Waals surface area contributed by atoms with E-state index < -0.39 is 0 Å². The second-order valence-corrected chi connectivity index (χ2v) is 7.71. The minimum Gasteiger partial charge on any atom is -0.359 e. The van der Waals surface area contributed by atoms with Crippen LogP contribution in [0.1, 0.15) is 68.5 Å². The van der Waals surface area contributed by atoms with Gasteiger partial charge in [0.05, 0.1) is 18.3 Å². The highest BCUT2D eigenvalue weighted by atomic mass is 127. The van der Waals surface area contributed by atoms with Crippen LogP contribution in [0, 0.1) is 0 Å². The average Bonchev–Trinajstić information content (AvgIpc) is 3.45. The zero-order chi connectivity index (χ0) is 20.5. The lowest BCUT2D eigenvalue weighted by Crippen LogP contribution is -2.42. The van der Waals surface area contributed by atoms with E-state index in [0.717, 1.165) is 49.9 Å². The van der Waals surface area contributed by atoms with Crippen molar-refractivity contribution in [2.45, 2.75) is 58.0 Å². The van der Waals surface area contributed by atoms with Gasteiger partial charge in [0.1, 0.15) is 0 Å². The van der Waals surface area contributed by atoms with Gasteiger partial charge in [-0.05, 0) is 44.3 Å². The third-order valence-electron chi connectivity index (χ3n) is 5.86. The standard InChI is InChI=1S/C23H35N5O.HI/c1-4-18(5-2)21-15-20(29-27-21)16-25-23(24-3)26-17-22(28-13-9-10-14-28)19-11-7-6-8-12-19;/h6-8,11-12,15,18,22H,4-5,9-10,13-14,16-17H2,1-3H3,(H2,24,25,26);1H. The van der Waals surface area contributed by atoms with E-state index in [1.807, 2.05) is 0 Å². The molecule has 1 unspecified atom stereocenters. The van der Waals surface area contributed by atoms with Crippen molar-refractivity contribution in [1.29, 1.82) is 0 Å². The number of aromatic nitrogens is 1. The molecule has 0 amide bonds. The third kappa shape index (κ3) is 6.70. The Morgan fingerprint density at radius 1 is 1.13 bits per heavy atom. The summed E-state index contributed by atoms with van der Waals surface area (Å²) in [4.78, 5) is 6.95. The minimum atomic E-state index is 0. The Kier molecular flexibility index (Phi) is 10.6. The van der Waals surface area contributed by atoms with Gasteiger partial charge in [0, 0.05) is 25.6 Å². The molecule has 6 nitrogen and oxygen atoms in total. The number of aliphatic imine (C=N–C) groups is 1. The first kappa shape index (κ1) is 24.7. The van der Waals surface area contributed by atoms with Gasteiger partial charge in [-0.1, -0.05) is 49.3 Å². The molecular formula is C23H36IN5O. The van der Waals surface area contributed by atoms with Crippen molar-refractivity contribution in [2.24, 2.45) is 4.99 Å². The number of benzene rings is 1. The molecule has 1 fully saturated rings. The van der Waals surface area contributed by atoms with Crippen LogP contribution in [0.15, 0.2) is 45.9 Å². The smallest absolute Gasteiger partial charge is 0.191 e. The van der Waals surface area contributed by atoms with Gasteiger partial charge in [0.15, 0.2) is 11.7 Å². The minimum absolute atomic E-state index is 0. The molecule has 2 aromatic rings. The lowest BCUT2D eigenvalue weighted by Gasteiger charge is -2.28. The molecule has 1 saturated heterocycles. The van der Waals surface area contributed by atoms with E-state index in [4.69, 9.17) is 4.52 Å². The van der Waals surface area contributed by atoms with Crippen LogP contribution in [-0.4, -0.2) is 42.7 Å². The molecule has 0 aliphatic carbocycles. The van der Waals surface area contributed by atoms with Crippen molar-refractivity contribution < 1.29 is 4.52 Å². The van der Waals surface area contributed by atoms with Gasteiger partial charge in [-0.15, -0.1) is 24.0 Å². The average molecular weight is 525 g/mol. The molecule has 1 aromatic carbocycles. The Morgan fingerprint density at radius 3 is 2.47 bits per heavy atom. The van der Waals surface area contributed by atoms with Crippen molar-refractivity contribution in [1.82, 2.24) is 20.7 Å². The van der Waals surface area contributed by atoms with Crippen molar-refractivity contribution in [3.8, 4) is 0 Å². The molecule has 166 valence electrons. The summed E-state index contributed by atoms with van der Waals surface area (Å²) >= 11 is 0. The molecule has 0 saturated carbocycles. The summed E-state index contributed by atoms with van der Waals surface area (Å²) in [6, 6.07) is 13.2. The maximum atomic E-state index is 5.52. The fourth-order valence-electron chi connectivity index (χ4n) is 4.08. The number of nitrogens with one attached hydrogen (secondary N) is 2. The molecule has 30 heavy (non-hydrogen) atoms. The number of halogens is 1. The quantitative estimate of drug-likeness (QED) is 0.282. The highest BCUT2D eigenvalue weighted by molar-refractivity contribution is 14.0. The van der Waals surface area contributed by atoms with Gasteiger partial charge in [0.2, 0.25) is 0 Å². The largest absolute Gasteiger partial charge is 0.359 e. The van der Waals surface area contributed by atoms with Gasteiger partial charge >= 0.3 is 0 Å². The molecule has 7 heteroatoms. The maximum absolute atomic E-state index is 5.52. The Bertz CT molecular complexity index is 754. The molecule has 2 N–H and O–H groups in total. The highest BCUT2D eigenvalue weighted by Crippen LogP contribution is 2.24. The zero-order valence-corrected chi connectivity index (χ0v) is 20.8. The summed E-state index contributed by atoms with van der Waals surface area (Å²) in [5.74, 6) is 2.09. The summed E-state index contributed by atoms with van der Waals surface area (Å²) in [7, 11) is 1.80. The number of hydrogen-bond donors (Lipinski definition) is 2. The van der Waals surface area contributed by atoms with E-state index in [1.54, 1.807) is 7.05 Å².